The van der Waals surface area contributed by atoms with Crippen LogP contribution in [0.3, 0.4) is 0 Å². The largest absolute Gasteiger partial charge is 0.365 e. The van der Waals surface area contributed by atoms with Gasteiger partial charge in [-0.05, 0) is 62.4 Å². The molecule has 0 saturated heterocycles. The van der Waals surface area contributed by atoms with Gasteiger partial charge in [-0.1, -0.05) is 29.8 Å². The van der Waals surface area contributed by atoms with Crippen molar-refractivity contribution in [2.45, 2.75) is 32.7 Å². The Bertz CT molecular complexity index is 1340. The van der Waals surface area contributed by atoms with Crippen LogP contribution in [0.25, 0.3) is 11.1 Å². The Labute approximate surface area is 209 Å². The molecule has 0 unspecified atom stereocenters. The van der Waals surface area contributed by atoms with E-state index in [4.69, 9.17) is 11.6 Å². The first-order valence-electron chi connectivity index (χ1n) is 11.6. The van der Waals surface area contributed by atoms with Crippen LogP contribution >= 0.6 is 18.7 Å². The highest BCUT2D eigenvalue weighted by Gasteiger charge is 2.25. The summed E-state index contributed by atoms with van der Waals surface area (Å²) >= 11 is 6.11. The molecule has 0 N–H and O–H groups in total. The number of nitrogens with zero attached hydrogens (tertiary/aromatic N) is 2. The highest BCUT2D eigenvalue weighted by Crippen LogP contribution is 2.39. The van der Waals surface area contributed by atoms with Gasteiger partial charge in [-0.25, -0.2) is 8.78 Å². The first-order chi connectivity index (χ1) is 16.5. The maximum absolute atomic E-state index is 14.5. The molecule has 0 amide bonds. The Hall–Kier alpha value is -2.56. The fourth-order valence-electron chi connectivity index (χ4n) is 4.53. The molecule has 0 saturated carbocycles. The van der Waals surface area contributed by atoms with E-state index in [9.17, 15) is 18.1 Å². The molecule has 4 rings (SSSR count). The summed E-state index contributed by atoms with van der Waals surface area (Å²) in [5.41, 5.74) is 5.16. The maximum Gasteiger partial charge on any atom is 0.163 e. The number of halogens is 3. The van der Waals surface area contributed by atoms with Crippen molar-refractivity contribution in [3.63, 3.8) is 0 Å². The Morgan fingerprint density at radius 1 is 1.17 bits per heavy atom. The summed E-state index contributed by atoms with van der Waals surface area (Å²) in [4.78, 5) is 19.4. The molecule has 1 aromatic heterocycles. The number of aromatic nitrogens is 1. The van der Waals surface area contributed by atoms with Crippen LogP contribution in [0.1, 0.15) is 40.0 Å². The number of carbonyl (C=O) groups is 1. The van der Waals surface area contributed by atoms with Gasteiger partial charge in [-0.2, -0.15) is 0 Å². The van der Waals surface area contributed by atoms with E-state index in [1.54, 1.807) is 19.4 Å². The molecular weight excluding hydrogens is 489 g/mol. The van der Waals surface area contributed by atoms with Crippen LogP contribution in [0.4, 0.5) is 14.5 Å². The Morgan fingerprint density at radius 2 is 1.91 bits per heavy atom. The third-order valence-electron chi connectivity index (χ3n) is 6.40. The van der Waals surface area contributed by atoms with Crippen molar-refractivity contribution in [2.24, 2.45) is 0 Å². The number of Topliss-reactive ketones (excluding diaryl/α,β-unsaturated/α-hetero) is 1. The molecule has 0 spiro atoms. The van der Waals surface area contributed by atoms with Crippen molar-refractivity contribution in [1.82, 2.24) is 4.98 Å². The van der Waals surface area contributed by atoms with Gasteiger partial charge in [0.1, 0.15) is 11.6 Å². The van der Waals surface area contributed by atoms with Gasteiger partial charge in [0.25, 0.3) is 0 Å². The van der Waals surface area contributed by atoms with E-state index in [1.807, 2.05) is 36.2 Å². The monoisotopic (exact) mass is 516 g/mol. The molecule has 0 atom stereocenters. The van der Waals surface area contributed by atoms with Gasteiger partial charge in [0.15, 0.2) is 5.78 Å². The molecule has 2 aromatic carbocycles. The average Bonchev–Trinajstić information content (AvgIpc) is 2.82. The van der Waals surface area contributed by atoms with Crippen molar-refractivity contribution < 1.29 is 18.1 Å². The Balaban J connectivity index is 1.69. The predicted octanol–water partition coefficient (Wildman–Crippen LogP) is 7.14. The zero-order valence-electron chi connectivity index (χ0n) is 20.1. The summed E-state index contributed by atoms with van der Waals surface area (Å²) in [6, 6.07) is 9.49. The number of hydrogen-bond donors (Lipinski definition) is 0. The standard InChI is InChI=1S/C27H28ClF2N2O2P/c1-17-20(18-6-4-7-19(14-18)25(33)11-13-35(2,3)34)15-31-24-8-5-12-32(27(17)24)16-21-22(29)9-10-23(30)26(21)28/h4,6-7,9-10,14-15H,5,8,11-13,16H2,1-3H3. The van der Waals surface area contributed by atoms with E-state index in [-0.39, 0.29) is 29.3 Å². The van der Waals surface area contributed by atoms with Gasteiger partial charge in [-0.15, -0.1) is 0 Å². The first-order valence-corrected chi connectivity index (χ1v) is 14.7. The van der Waals surface area contributed by atoms with Crippen LogP contribution in [-0.4, -0.2) is 36.8 Å². The molecule has 3 aromatic rings. The number of hydrogen-bond acceptors (Lipinski definition) is 4. The van der Waals surface area contributed by atoms with Gasteiger partial charge in [0.2, 0.25) is 0 Å². The maximum atomic E-state index is 14.5. The number of anilines is 1. The number of rotatable bonds is 7. The van der Waals surface area contributed by atoms with Crippen molar-refractivity contribution in [2.75, 3.05) is 30.9 Å². The van der Waals surface area contributed by atoms with E-state index in [2.05, 4.69) is 4.98 Å². The number of ketones is 1. The van der Waals surface area contributed by atoms with Crippen molar-refractivity contribution in [1.29, 1.82) is 0 Å². The van der Waals surface area contributed by atoms with E-state index >= 15 is 0 Å². The minimum atomic E-state index is -2.27. The molecule has 1 aliphatic heterocycles. The van der Waals surface area contributed by atoms with E-state index in [1.165, 1.54) is 0 Å². The smallest absolute Gasteiger partial charge is 0.163 e. The van der Waals surface area contributed by atoms with Crippen molar-refractivity contribution in [3.05, 3.63) is 81.6 Å². The Kier molecular flexibility index (Phi) is 7.44. The molecule has 184 valence electrons. The van der Waals surface area contributed by atoms with Crippen LogP contribution in [0.2, 0.25) is 5.02 Å². The lowest BCUT2D eigenvalue weighted by molar-refractivity contribution is 0.0989. The molecule has 0 bridgehead atoms. The van der Waals surface area contributed by atoms with Crippen LogP contribution in [0, 0.1) is 18.6 Å². The normalized spacial score (nSPS) is 13.6. The number of carbonyl (C=O) groups excluding carboxylic acids is 1. The van der Waals surface area contributed by atoms with Crippen LogP contribution in [0.15, 0.2) is 42.6 Å². The van der Waals surface area contributed by atoms with E-state index < -0.39 is 18.8 Å². The molecule has 4 nitrogen and oxygen atoms in total. The molecule has 0 radical (unpaired) electrons. The van der Waals surface area contributed by atoms with E-state index in [0.717, 1.165) is 53.0 Å². The minimum Gasteiger partial charge on any atom is -0.365 e. The zero-order chi connectivity index (χ0) is 25.3. The lowest BCUT2D eigenvalue weighted by Crippen LogP contribution is -2.31. The van der Waals surface area contributed by atoms with E-state index in [0.29, 0.717) is 18.3 Å². The SMILES string of the molecule is Cc1c(-c2cccc(C(=O)CCP(C)(C)=O)c2)cnc2c1N(Cc1c(F)ccc(F)c1Cl)CCC2. The number of benzene rings is 2. The molecule has 8 heteroatoms. The second-order valence-electron chi connectivity index (χ2n) is 9.49. The molecule has 0 aliphatic carbocycles. The highest BCUT2D eigenvalue weighted by atomic mass is 35.5. The lowest BCUT2D eigenvalue weighted by atomic mass is 9.94. The summed E-state index contributed by atoms with van der Waals surface area (Å²) in [5.74, 6) is -1.23. The zero-order valence-corrected chi connectivity index (χ0v) is 21.7. The number of fused-ring (bicyclic) bond motifs is 1. The number of pyridine rings is 1. The minimum absolute atomic E-state index is 0.0443. The third kappa shape index (κ3) is 5.65. The van der Waals surface area contributed by atoms with Gasteiger partial charge in [0.05, 0.1) is 23.5 Å². The van der Waals surface area contributed by atoms with Crippen LogP contribution < -0.4 is 4.90 Å². The topological polar surface area (TPSA) is 50.3 Å². The summed E-state index contributed by atoms with van der Waals surface area (Å²) < 4.78 is 40.6. The summed E-state index contributed by atoms with van der Waals surface area (Å²) in [5, 5.41) is -0.200. The molecule has 2 heterocycles. The van der Waals surface area contributed by atoms with Crippen molar-refractivity contribution >= 4 is 30.2 Å². The Morgan fingerprint density at radius 3 is 2.66 bits per heavy atom. The van der Waals surface area contributed by atoms with Gasteiger partial charge < -0.3 is 9.46 Å². The first kappa shape index (κ1) is 25.5. The fraction of sp³-hybridized carbons (Fsp3) is 0.333. The average molecular weight is 517 g/mol. The lowest BCUT2D eigenvalue weighted by Gasteiger charge is -2.33. The summed E-state index contributed by atoms with van der Waals surface area (Å²) in [7, 11) is -2.27. The van der Waals surface area contributed by atoms with Gasteiger partial charge in [-0.3, -0.25) is 9.78 Å². The summed E-state index contributed by atoms with van der Waals surface area (Å²) in [6.45, 7) is 6.16. The quantitative estimate of drug-likeness (QED) is 0.190. The third-order valence-corrected chi connectivity index (χ3v) is 8.11. The fourth-order valence-corrected chi connectivity index (χ4v) is 5.48. The highest BCUT2D eigenvalue weighted by molar-refractivity contribution is 7.62. The van der Waals surface area contributed by atoms with Gasteiger partial charge in [0, 0.05) is 48.6 Å². The second kappa shape index (κ2) is 10.2. The predicted molar refractivity (Wildman–Crippen MR) is 138 cm³/mol. The van der Waals surface area contributed by atoms with Crippen molar-refractivity contribution in [3.8, 4) is 11.1 Å². The second-order valence-corrected chi connectivity index (χ2v) is 13.5. The van der Waals surface area contributed by atoms with Gasteiger partial charge >= 0.3 is 0 Å². The molecule has 1 aliphatic rings. The molecular formula is C27H28ClF2N2O2P. The van der Waals surface area contributed by atoms with Crippen LogP contribution in [0.5, 0.6) is 0 Å². The molecule has 0 fully saturated rings. The summed E-state index contributed by atoms with van der Waals surface area (Å²) in [6.07, 6.45) is 4.06. The number of aryl methyl sites for hydroxylation is 1. The molecule has 35 heavy (non-hydrogen) atoms. The van der Waals surface area contributed by atoms with Crippen LogP contribution in [-0.2, 0) is 17.5 Å².